The van der Waals surface area contributed by atoms with Gasteiger partial charge in [0.25, 0.3) is 0 Å². The van der Waals surface area contributed by atoms with Crippen molar-refractivity contribution in [2.24, 2.45) is 5.11 Å². The van der Waals surface area contributed by atoms with Crippen molar-refractivity contribution in [1.29, 1.82) is 0 Å². The number of nitrogens with zero attached hydrogens (tertiary/aromatic N) is 3. The van der Waals surface area contributed by atoms with Crippen molar-refractivity contribution in [2.45, 2.75) is 17.3 Å². The average molecular weight is 360 g/mol. The van der Waals surface area contributed by atoms with E-state index in [1.54, 1.807) is 0 Å². The summed E-state index contributed by atoms with van der Waals surface area (Å²) in [5, 5.41) is 12.8. The van der Waals surface area contributed by atoms with Crippen LogP contribution in [0.3, 0.4) is 0 Å². The van der Waals surface area contributed by atoms with Gasteiger partial charge in [-0.15, -0.1) is 0 Å². The third kappa shape index (κ3) is 4.64. The fourth-order valence-electron chi connectivity index (χ4n) is 2.11. The third-order valence-corrected chi connectivity index (χ3v) is 5.97. The van der Waals surface area contributed by atoms with E-state index in [9.17, 15) is 4.79 Å². The number of azide groups is 1. The van der Waals surface area contributed by atoms with E-state index in [0.717, 1.165) is 10.0 Å². The molecule has 0 bridgehead atoms. The number of hydrogen-bond donors (Lipinski definition) is 1. The SMILES string of the molecule is [N-]=[N+]=N[C@H](CC(=O)O)[C@@H]([Se]c1ccccc1)c1ccccc1. The predicted octanol–water partition coefficient (Wildman–Crippen LogP) is 2.91. The molecule has 0 radical (unpaired) electrons. The van der Waals surface area contributed by atoms with E-state index < -0.39 is 12.0 Å². The van der Waals surface area contributed by atoms with Gasteiger partial charge in [0.1, 0.15) is 0 Å². The summed E-state index contributed by atoms with van der Waals surface area (Å²) in [6.07, 6.45) is -0.168. The van der Waals surface area contributed by atoms with Gasteiger partial charge >= 0.3 is 134 Å². The molecule has 2 atom stereocenters. The zero-order valence-electron chi connectivity index (χ0n) is 11.7. The topological polar surface area (TPSA) is 86.1 Å². The molecule has 0 amide bonds. The standard InChI is InChI=1S/C16H15N3O2Se/c17-19-18-14(11-15(20)21)16(12-7-3-1-4-8-12)22-13-9-5-2-6-10-13/h1-10,14,16H,11H2,(H,20,21)/t14-,16+/m1/s1. The molecular formula is C16H15N3O2Se. The van der Waals surface area contributed by atoms with Crippen LogP contribution in [0.2, 0.25) is 0 Å². The quantitative estimate of drug-likeness (QED) is 0.356. The number of aliphatic carboxylic acids is 1. The Labute approximate surface area is 134 Å². The maximum atomic E-state index is 11.1. The number of carboxylic acids is 1. The number of hydrogen-bond acceptors (Lipinski definition) is 2. The van der Waals surface area contributed by atoms with E-state index >= 15 is 0 Å². The molecule has 0 heterocycles. The summed E-state index contributed by atoms with van der Waals surface area (Å²) in [5.41, 5.74) is 9.79. The van der Waals surface area contributed by atoms with Gasteiger partial charge in [0.2, 0.25) is 0 Å². The zero-order valence-corrected chi connectivity index (χ0v) is 13.5. The van der Waals surface area contributed by atoms with Crippen LogP contribution in [0.1, 0.15) is 16.8 Å². The molecule has 0 saturated heterocycles. The van der Waals surface area contributed by atoms with Crippen molar-refractivity contribution < 1.29 is 9.90 Å². The molecule has 0 aliphatic heterocycles. The Kier molecular flexibility index (Phi) is 6.04. The van der Waals surface area contributed by atoms with Gasteiger partial charge in [0.05, 0.1) is 0 Å². The molecule has 0 unspecified atom stereocenters. The fourth-order valence-corrected chi connectivity index (χ4v) is 4.65. The van der Waals surface area contributed by atoms with E-state index in [-0.39, 0.29) is 26.2 Å². The number of rotatable bonds is 7. The van der Waals surface area contributed by atoms with Crippen molar-refractivity contribution >= 4 is 25.4 Å². The molecule has 0 spiro atoms. The van der Waals surface area contributed by atoms with Crippen molar-refractivity contribution in [3.8, 4) is 0 Å². The van der Waals surface area contributed by atoms with Gasteiger partial charge in [-0.05, 0) is 0 Å². The van der Waals surface area contributed by atoms with Crippen LogP contribution in [-0.4, -0.2) is 32.1 Å². The fraction of sp³-hybridized carbons (Fsp3) is 0.188. The van der Waals surface area contributed by atoms with Gasteiger partial charge in [-0.25, -0.2) is 0 Å². The minimum atomic E-state index is -0.956. The summed E-state index contributed by atoms with van der Waals surface area (Å²) in [6, 6.07) is 19.0. The van der Waals surface area contributed by atoms with Gasteiger partial charge in [-0.3, -0.25) is 0 Å². The van der Waals surface area contributed by atoms with Gasteiger partial charge in [-0.1, -0.05) is 0 Å². The number of carboxylic acid groups (broad SMARTS) is 1. The van der Waals surface area contributed by atoms with Crippen LogP contribution in [0.5, 0.6) is 0 Å². The molecular weight excluding hydrogens is 345 g/mol. The molecule has 0 saturated carbocycles. The summed E-state index contributed by atoms with van der Waals surface area (Å²) in [4.78, 5) is 13.8. The first-order valence-corrected chi connectivity index (χ1v) is 8.58. The molecule has 0 aliphatic carbocycles. The molecule has 1 N–H and O–H groups in total. The first-order valence-electron chi connectivity index (χ1n) is 6.73. The molecule has 2 aromatic carbocycles. The van der Waals surface area contributed by atoms with E-state index in [2.05, 4.69) is 10.0 Å². The normalized spacial score (nSPS) is 12.9. The Morgan fingerprint density at radius 1 is 1.14 bits per heavy atom. The Morgan fingerprint density at radius 2 is 1.73 bits per heavy atom. The average Bonchev–Trinajstić information content (AvgIpc) is 2.54. The van der Waals surface area contributed by atoms with Gasteiger partial charge < -0.3 is 0 Å². The second-order valence-electron chi connectivity index (χ2n) is 4.63. The first-order chi connectivity index (χ1) is 10.7. The molecule has 0 aromatic heterocycles. The molecule has 6 heteroatoms. The zero-order chi connectivity index (χ0) is 15.8. The van der Waals surface area contributed by atoms with E-state index in [0.29, 0.717) is 0 Å². The Balaban J connectivity index is 2.35. The van der Waals surface area contributed by atoms with E-state index in [1.807, 2.05) is 60.7 Å². The monoisotopic (exact) mass is 361 g/mol. The second kappa shape index (κ2) is 8.25. The third-order valence-electron chi connectivity index (χ3n) is 3.07. The molecule has 5 nitrogen and oxygen atoms in total. The van der Waals surface area contributed by atoms with Gasteiger partial charge in [0, 0.05) is 0 Å². The summed E-state index contributed by atoms with van der Waals surface area (Å²) in [6.45, 7) is 0. The molecule has 2 rings (SSSR count). The van der Waals surface area contributed by atoms with Gasteiger partial charge in [0.15, 0.2) is 0 Å². The second-order valence-corrected chi connectivity index (χ2v) is 7.18. The molecule has 0 aliphatic rings. The van der Waals surface area contributed by atoms with Crippen LogP contribution in [0.4, 0.5) is 0 Å². The van der Waals surface area contributed by atoms with Crippen molar-refractivity contribution in [1.82, 2.24) is 0 Å². The Bertz CT molecular complexity index is 658. The van der Waals surface area contributed by atoms with Crippen LogP contribution in [0.15, 0.2) is 65.8 Å². The van der Waals surface area contributed by atoms with Crippen LogP contribution in [-0.2, 0) is 4.79 Å². The van der Waals surface area contributed by atoms with Crippen LogP contribution in [0.25, 0.3) is 10.4 Å². The van der Waals surface area contributed by atoms with Gasteiger partial charge in [-0.2, -0.15) is 0 Å². The summed E-state index contributed by atoms with van der Waals surface area (Å²) >= 11 is -0.0308. The molecule has 112 valence electrons. The van der Waals surface area contributed by atoms with E-state index in [1.165, 1.54) is 0 Å². The summed E-state index contributed by atoms with van der Waals surface area (Å²) in [7, 11) is 0. The first kappa shape index (κ1) is 16.1. The minimum absolute atomic E-state index is 0.0308. The molecule has 2 aromatic rings. The van der Waals surface area contributed by atoms with E-state index in [4.69, 9.17) is 10.6 Å². The van der Waals surface area contributed by atoms with Crippen molar-refractivity contribution in [3.05, 3.63) is 76.7 Å². The Morgan fingerprint density at radius 3 is 2.27 bits per heavy atom. The van der Waals surface area contributed by atoms with Crippen molar-refractivity contribution in [3.63, 3.8) is 0 Å². The van der Waals surface area contributed by atoms with Crippen LogP contribution < -0.4 is 4.46 Å². The van der Waals surface area contributed by atoms with Crippen molar-refractivity contribution in [2.75, 3.05) is 0 Å². The van der Waals surface area contributed by atoms with Crippen LogP contribution in [0, 0.1) is 0 Å². The maximum absolute atomic E-state index is 11.1. The molecule has 0 fully saturated rings. The number of benzene rings is 2. The summed E-state index contributed by atoms with van der Waals surface area (Å²) in [5.74, 6) is -0.956. The number of carbonyl (C=O) groups is 1. The van der Waals surface area contributed by atoms with Crippen LogP contribution >= 0.6 is 0 Å². The molecule has 22 heavy (non-hydrogen) atoms. The summed E-state index contributed by atoms with van der Waals surface area (Å²) < 4.78 is 1.15. The predicted molar refractivity (Wildman–Crippen MR) is 86.2 cm³/mol. The Hall–Kier alpha value is -2.26.